The molecule has 12 heteroatoms. The number of fused-ring (bicyclic) bond motifs is 1. The Morgan fingerprint density at radius 1 is 1.12 bits per heavy atom. The maximum absolute atomic E-state index is 12.9. The van der Waals surface area contributed by atoms with Crippen LogP contribution in [0.1, 0.15) is 5.76 Å². The molecule has 0 unspecified atom stereocenters. The van der Waals surface area contributed by atoms with Gasteiger partial charge in [0.05, 0.1) is 23.0 Å². The van der Waals surface area contributed by atoms with Gasteiger partial charge in [0.15, 0.2) is 0 Å². The number of thioether (sulfide) groups is 1. The molecule has 2 fully saturated rings. The van der Waals surface area contributed by atoms with E-state index in [4.69, 9.17) is 20.8 Å². The SMILES string of the molecule is O=C1NC(=O)C(=Cc2cc3cncc(-c4ccc(S(=O)(=O)N5CCOCC5)cc4Cl)c3o2)S1. The molecule has 0 aliphatic carbocycles. The van der Waals surface area contributed by atoms with Crippen molar-refractivity contribution in [1.29, 1.82) is 0 Å². The number of rotatable bonds is 4. The molecular weight excluding hydrogens is 490 g/mol. The summed E-state index contributed by atoms with van der Waals surface area (Å²) >= 11 is 7.30. The topological polar surface area (TPSA) is 119 Å². The molecular formula is C21H16ClN3O6S2. The summed E-state index contributed by atoms with van der Waals surface area (Å²) in [5.74, 6) is -0.113. The first-order valence-electron chi connectivity index (χ1n) is 9.83. The average molecular weight is 506 g/mol. The highest BCUT2D eigenvalue weighted by molar-refractivity contribution is 8.18. The van der Waals surface area contributed by atoms with Crippen LogP contribution in [0.3, 0.4) is 0 Å². The lowest BCUT2D eigenvalue weighted by molar-refractivity contribution is -0.115. The molecule has 0 saturated carbocycles. The molecule has 0 bridgehead atoms. The summed E-state index contributed by atoms with van der Waals surface area (Å²) in [7, 11) is -3.69. The molecule has 2 aromatic heterocycles. The number of halogens is 1. The molecule has 2 amide bonds. The molecule has 33 heavy (non-hydrogen) atoms. The van der Waals surface area contributed by atoms with Crippen molar-refractivity contribution in [1.82, 2.24) is 14.6 Å². The number of benzene rings is 1. The predicted octanol–water partition coefficient (Wildman–Crippen LogP) is 3.49. The van der Waals surface area contributed by atoms with Crippen LogP contribution >= 0.6 is 23.4 Å². The van der Waals surface area contributed by atoms with Crippen LogP contribution in [0.25, 0.3) is 28.2 Å². The van der Waals surface area contributed by atoms with Gasteiger partial charge >= 0.3 is 0 Å². The van der Waals surface area contributed by atoms with Gasteiger partial charge in [0.2, 0.25) is 10.0 Å². The summed E-state index contributed by atoms with van der Waals surface area (Å²) in [6.45, 7) is 1.28. The number of hydrogen-bond acceptors (Lipinski definition) is 8. The molecule has 2 saturated heterocycles. The summed E-state index contributed by atoms with van der Waals surface area (Å²) in [5.41, 5.74) is 1.58. The Bertz CT molecular complexity index is 1430. The van der Waals surface area contributed by atoms with Crippen LogP contribution in [0.4, 0.5) is 4.79 Å². The third-order valence-electron chi connectivity index (χ3n) is 5.20. The monoisotopic (exact) mass is 505 g/mol. The van der Waals surface area contributed by atoms with Gasteiger partial charge in [0, 0.05) is 53.1 Å². The van der Waals surface area contributed by atoms with Crippen LogP contribution < -0.4 is 5.32 Å². The van der Waals surface area contributed by atoms with Gasteiger partial charge in [-0.05, 0) is 30.0 Å². The molecule has 0 radical (unpaired) electrons. The second-order valence-electron chi connectivity index (χ2n) is 7.26. The lowest BCUT2D eigenvalue weighted by Crippen LogP contribution is -2.40. The first-order valence-corrected chi connectivity index (χ1v) is 12.5. The van der Waals surface area contributed by atoms with Crippen molar-refractivity contribution < 1.29 is 27.2 Å². The number of nitrogens with zero attached hydrogens (tertiary/aromatic N) is 2. The van der Waals surface area contributed by atoms with Crippen LogP contribution in [-0.2, 0) is 19.6 Å². The fourth-order valence-electron chi connectivity index (χ4n) is 3.61. The van der Waals surface area contributed by atoms with Gasteiger partial charge < -0.3 is 9.15 Å². The van der Waals surface area contributed by atoms with Crippen molar-refractivity contribution in [3.05, 3.63) is 52.3 Å². The van der Waals surface area contributed by atoms with Gasteiger partial charge in [-0.2, -0.15) is 4.31 Å². The van der Waals surface area contributed by atoms with E-state index < -0.39 is 21.2 Å². The van der Waals surface area contributed by atoms with E-state index in [0.29, 0.717) is 41.1 Å². The fraction of sp³-hybridized carbons (Fsp3) is 0.190. The number of sulfonamides is 1. The maximum atomic E-state index is 12.9. The Kier molecular flexibility index (Phi) is 5.75. The van der Waals surface area contributed by atoms with Gasteiger partial charge in [-0.25, -0.2) is 8.42 Å². The van der Waals surface area contributed by atoms with E-state index in [1.807, 2.05) is 0 Å². The van der Waals surface area contributed by atoms with Crippen LogP contribution in [0.5, 0.6) is 0 Å². The van der Waals surface area contributed by atoms with Crippen LogP contribution in [0, 0.1) is 0 Å². The van der Waals surface area contributed by atoms with Gasteiger partial charge in [-0.3, -0.25) is 19.9 Å². The minimum Gasteiger partial charge on any atom is -0.456 e. The normalized spacial score (nSPS) is 18.9. The van der Waals surface area contributed by atoms with Crippen molar-refractivity contribution >= 4 is 61.6 Å². The van der Waals surface area contributed by atoms with E-state index in [-0.39, 0.29) is 27.9 Å². The van der Waals surface area contributed by atoms with Gasteiger partial charge in [-0.1, -0.05) is 17.7 Å². The van der Waals surface area contributed by atoms with Crippen molar-refractivity contribution in [3.63, 3.8) is 0 Å². The highest BCUT2D eigenvalue weighted by Gasteiger charge is 2.28. The summed E-state index contributed by atoms with van der Waals surface area (Å²) in [5, 5.41) is 2.64. The van der Waals surface area contributed by atoms with E-state index in [1.165, 1.54) is 22.5 Å². The highest BCUT2D eigenvalue weighted by atomic mass is 35.5. The first-order chi connectivity index (χ1) is 15.8. The summed E-state index contributed by atoms with van der Waals surface area (Å²) in [4.78, 5) is 27.7. The number of amides is 2. The Hall–Kier alpha value is -2.70. The van der Waals surface area contributed by atoms with E-state index >= 15 is 0 Å². The summed E-state index contributed by atoms with van der Waals surface area (Å²) in [6, 6.07) is 6.23. The number of morpholine rings is 1. The zero-order valence-electron chi connectivity index (χ0n) is 16.9. The molecule has 2 aliphatic heterocycles. The number of imide groups is 1. The number of ether oxygens (including phenoxy) is 1. The Morgan fingerprint density at radius 2 is 1.91 bits per heavy atom. The molecule has 2 aliphatic rings. The molecule has 0 spiro atoms. The zero-order chi connectivity index (χ0) is 23.2. The van der Waals surface area contributed by atoms with Crippen LogP contribution in [0.2, 0.25) is 5.02 Å². The van der Waals surface area contributed by atoms with E-state index in [2.05, 4.69) is 10.3 Å². The van der Waals surface area contributed by atoms with Crippen molar-refractivity contribution in [3.8, 4) is 11.1 Å². The number of carbonyl (C=O) groups is 2. The third kappa shape index (κ3) is 4.18. The Morgan fingerprint density at radius 3 is 2.61 bits per heavy atom. The number of carbonyl (C=O) groups excluding carboxylic acids is 2. The molecule has 1 aromatic carbocycles. The molecule has 3 aromatic rings. The van der Waals surface area contributed by atoms with Gasteiger partial charge in [0.1, 0.15) is 11.3 Å². The zero-order valence-corrected chi connectivity index (χ0v) is 19.3. The lowest BCUT2D eigenvalue weighted by atomic mass is 10.1. The molecule has 5 rings (SSSR count). The first kappa shape index (κ1) is 22.1. The second kappa shape index (κ2) is 8.58. The largest absolute Gasteiger partial charge is 0.456 e. The average Bonchev–Trinajstić information content (AvgIpc) is 3.35. The summed E-state index contributed by atoms with van der Waals surface area (Å²) in [6.07, 6.45) is 4.65. The highest BCUT2D eigenvalue weighted by Crippen LogP contribution is 2.37. The third-order valence-corrected chi connectivity index (χ3v) is 8.21. The maximum Gasteiger partial charge on any atom is 0.290 e. The minimum atomic E-state index is -3.69. The molecule has 170 valence electrons. The predicted molar refractivity (Wildman–Crippen MR) is 123 cm³/mol. The number of nitrogens with one attached hydrogen (secondary N) is 1. The molecule has 0 atom stereocenters. The van der Waals surface area contributed by atoms with Crippen LogP contribution in [-0.4, -0.2) is 55.2 Å². The van der Waals surface area contributed by atoms with Gasteiger partial charge in [0.25, 0.3) is 11.1 Å². The number of furan rings is 1. The molecule has 4 heterocycles. The standard InChI is InChI=1S/C21H16ClN3O6S2/c22-17-9-14(33(28,29)25-3-5-30-6-4-25)1-2-15(17)16-11-23-10-12-7-13(31-19(12)16)8-18-20(26)24-21(27)32-18/h1-2,7-11H,3-6H2,(H,24,26,27). The number of hydrogen-bond donors (Lipinski definition) is 1. The quantitative estimate of drug-likeness (QED) is 0.535. The molecule has 1 N–H and O–H groups in total. The summed E-state index contributed by atoms with van der Waals surface area (Å²) < 4.78 is 38.4. The van der Waals surface area contributed by atoms with Crippen molar-refractivity contribution in [2.24, 2.45) is 0 Å². The smallest absolute Gasteiger partial charge is 0.290 e. The minimum absolute atomic E-state index is 0.0945. The number of aromatic nitrogens is 1. The van der Waals surface area contributed by atoms with Crippen molar-refractivity contribution in [2.45, 2.75) is 4.90 Å². The molecule has 9 nitrogen and oxygen atoms in total. The Balaban J connectivity index is 1.52. The number of pyridine rings is 1. The van der Waals surface area contributed by atoms with E-state index in [1.54, 1.807) is 24.5 Å². The van der Waals surface area contributed by atoms with Crippen LogP contribution in [0.15, 0.2) is 50.9 Å². The Labute approximate surface area is 197 Å². The van der Waals surface area contributed by atoms with E-state index in [0.717, 1.165) is 11.8 Å². The van der Waals surface area contributed by atoms with Gasteiger partial charge in [-0.15, -0.1) is 0 Å². The van der Waals surface area contributed by atoms with E-state index in [9.17, 15) is 18.0 Å². The fourth-order valence-corrected chi connectivity index (χ4v) is 6.05. The van der Waals surface area contributed by atoms with Crippen molar-refractivity contribution in [2.75, 3.05) is 26.3 Å². The second-order valence-corrected chi connectivity index (χ2v) is 10.6. The lowest BCUT2D eigenvalue weighted by Gasteiger charge is -2.26.